The van der Waals surface area contributed by atoms with Gasteiger partial charge in [0, 0.05) is 6.61 Å². The first-order valence-electron chi connectivity index (χ1n) is 6.08. The van der Waals surface area contributed by atoms with Crippen LogP contribution in [0.4, 0.5) is 0 Å². The summed E-state index contributed by atoms with van der Waals surface area (Å²) in [5.74, 6) is 2.16. The third-order valence-corrected chi connectivity index (χ3v) is 2.94. The number of ether oxygens (including phenoxy) is 1. The van der Waals surface area contributed by atoms with Crippen LogP contribution in [0.5, 0.6) is 0 Å². The summed E-state index contributed by atoms with van der Waals surface area (Å²) >= 11 is 0. The van der Waals surface area contributed by atoms with Crippen molar-refractivity contribution in [1.29, 1.82) is 0 Å². The van der Waals surface area contributed by atoms with Crippen molar-refractivity contribution in [3.05, 3.63) is 17.8 Å². The lowest BCUT2D eigenvalue weighted by atomic mass is 10.0. The smallest absolute Gasteiger partial charge is 0.208 e. The lowest BCUT2D eigenvalue weighted by molar-refractivity contribution is 0.0748. The Bertz CT molecular complexity index is 325. The number of aromatic nitrogens is 1. The molecule has 0 spiro atoms. The highest BCUT2D eigenvalue weighted by molar-refractivity contribution is 5.01. The van der Waals surface area contributed by atoms with Crippen molar-refractivity contribution in [2.45, 2.75) is 39.3 Å². The SMILES string of the molecule is CCCNCc1ncc(C2OCCC2C)o1. The minimum atomic E-state index is 0.104. The van der Waals surface area contributed by atoms with Crippen molar-refractivity contribution in [2.24, 2.45) is 5.92 Å². The van der Waals surface area contributed by atoms with Gasteiger partial charge in [0.1, 0.15) is 6.10 Å². The minimum Gasteiger partial charge on any atom is -0.442 e. The molecule has 4 heteroatoms. The number of oxazole rings is 1. The van der Waals surface area contributed by atoms with Crippen LogP contribution in [-0.4, -0.2) is 18.1 Å². The Hall–Kier alpha value is -0.870. The zero-order valence-corrected chi connectivity index (χ0v) is 10.0. The average molecular weight is 224 g/mol. The van der Waals surface area contributed by atoms with Crippen LogP contribution in [0.25, 0.3) is 0 Å². The predicted molar refractivity (Wildman–Crippen MR) is 61.0 cm³/mol. The summed E-state index contributed by atoms with van der Waals surface area (Å²) in [6.45, 7) is 6.86. The van der Waals surface area contributed by atoms with E-state index in [-0.39, 0.29) is 6.10 Å². The van der Waals surface area contributed by atoms with Crippen LogP contribution < -0.4 is 5.32 Å². The van der Waals surface area contributed by atoms with E-state index in [0.29, 0.717) is 12.5 Å². The van der Waals surface area contributed by atoms with E-state index in [1.165, 1.54) is 0 Å². The summed E-state index contributed by atoms with van der Waals surface area (Å²) in [6.07, 6.45) is 4.13. The summed E-state index contributed by atoms with van der Waals surface area (Å²) in [5, 5.41) is 3.27. The van der Waals surface area contributed by atoms with Gasteiger partial charge < -0.3 is 14.5 Å². The van der Waals surface area contributed by atoms with E-state index in [4.69, 9.17) is 9.15 Å². The van der Waals surface area contributed by atoms with Gasteiger partial charge in [-0.2, -0.15) is 0 Å². The molecule has 0 saturated carbocycles. The second kappa shape index (κ2) is 5.46. The molecule has 2 atom stereocenters. The molecular formula is C12H20N2O2. The molecule has 1 aromatic rings. The molecule has 0 aromatic carbocycles. The average Bonchev–Trinajstić information content (AvgIpc) is 2.87. The van der Waals surface area contributed by atoms with Gasteiger partial charge in [0.2, 0.25) is 5.89 Å². The predicted octanol–water partition coefficient (Wildman–Crippen LogP) is 2.27. The Balaban J connectivity index is 1.91. The first-order chi connectivity index (χ1) is 7.81. The van der Waals surface area contributed by atoms with E-state index >= 15 is 0 Å². The normalized spacial score (nSPS) is 25.1. The van der Waals surface area contributed by atoms with E-state index in [1.54, 1.807) is 6.20 Å². The van der Waals surface area contributed by atoms with E-state index in [9.17, 15) is 0 Å². The highest BCUT2D eigenvalue weighted by Gasteiger charge is 2.28. The fraction of sp³-hybridized carbons (Fsp3) is 0.750. The maximum atomic E-state index is 5.69. The molecule has 1 aliphatic heterocycles. The Morgan fingerprint density at radius 2 is 2.44 bits per heavy atom. The molecule has 0 radical (unpaired) electrons. The van der Waals surface area contributed by atoms with Gasteiger partial charge in [-0.25, -0.2) is 4.98 Å². The fourth-order valence-electron chi connectivity index (χ4n) is 1.97. The molecule has 2 unspecified atom stereocenters. The van der Waals surface area contributed by atoms with Gasteiger partial charge in [0.05, 0.1) is 12.7 Å². The molecule has 90 valence electrons. The van der Waals surface area contributed by atoms with E-state index in [1.807, 2.05) is 0 Å². The van der Waals surface area contributed by atoms with Crippen molar-refractivity contribution >= 4 is 0 Å². The second-order valence-electron chi connectivity index (χ2n) is 4.39. The molecule has 16 heavy (non-hydrogen) atoms. The van der Waals surface area contributed by atoms with Gasteiger partial charge in [-0.05, 0) is 25.3 Å². The molecule has 1 fully saturated rings. The Labute approximate surface area is 96.4 Å². The first kappa shape index (κ1) is 11.6. The van der Waals surface area contributed by atoms with Crippen LogP contribution in [0.3, 0.4) is 0 Å². The van der Waals surface area contributed by atoms with Crippen LogP contribution in [0.1, 0.15) is 44.4 Å². The van der Waals surface area contributed by atoms with Crippen LogP contribution in [0, 0.1) is 5.92 Å². The van der Waals surface area contributed by atoms with E-state index in [0.717, 1.165) is 37.6 Å². The second-order valence-corrected chi connectivity index (χ2v) is 4.39. The van der Waals surface area contributed by atoms with Crippen molar-refractivity contribution in [3.8, 4) is 0 Å². The summed E-state index contributed by atoms with van der Waals surface area (Å²) < 4.78 is 11.3. The molecule has 1 aromatic heterocycles. The Kier molecular flexibility index (Phi) is 3.96. The minimum absolute atomic E-state index is 0.104. The van der Waals surface area contributed by atoms with Crippen molar-refractivity contribution in [1.82, 2.24) is 10.3 Å². The number of nitrogens with one attached hydrogen (secondary N) is 1. The molecule has 1 saturated heterocycles. The van der Waals surface area contributed by atoms with Gasteiger partial charge in [0.25, 0.3) is 0 Å². The largest absolute Gasteiger partial charge is 0.442 e. The van der Waals surface area contributed by atoms with Crippen molar-refractivity contribution in [3.63, 3.8) is 0 Å². The molecule has 2 heterocycles. The molecule has 0 bridgehead atoms. The Morgan fingerprint density at radius 1 is 1.56 bits per heavy atom. The lowest BCUT2D eigenvalue weighted by Crippen LogP contribution is -2.13. The topological polar surface area (TPSA) is 47.3 Å². The summed E-state index contributed by atoms with van der Waals surface area (Å²) in [6, 6.07) is 0. The zero-order chi connectivity index (χ0) is 11.4. The number of nitrogens with zero attached hydrogens (tertiary/aromatic N) is 1. The van der Waals surface area contributed by atoms with Crippen molar-refractivity contribution in [2.75, 3.05) is 13.2 Å². The molecule has 2 rings (SSSR count). The van der Waals surface area contributed by atoms with Crippen LogP contribution in [0.15, 0.2) is 10.6 Å². The maximum Gasteiger partial charge on any atom is 0.208 e. The van der Waals surface area contributed by atoms with Gasteiger partial charge in [-0.3, -0.25) is 0 Å². The van der Waals surface area contributed by atoms with Gasteiger partial charge in [-0.15, -0.1) is 0 Å². The standard InChI is InChI=1S/C12H20N2O2/c1-3-5-13-8-11-14-7-10(16-11)12-9(2)4-6-15-12/h7,9,12-13H,3-6,8H2,1-2H3. The van der Waals surface area contributed by atoms with E-state index in [2.05, 4.69) is 24.1 Å². The molecular weight excluding hydrogens is 204 g/mol. The molecule has 1 N–H and O–H groups in total. The third kappa shape index (κ3) is 2.62. The van der Waals surface area contributed by atoms with Gasteiger partial charge in [0.15, 0.2) is 5.76 Å². The van der Waals surface area contributed by atoms with Gasteiger partial charge >= 0.3 is 0 Å². The van der Waals surface area contributed by atoms with Crippen LogP contribution in [-0.2, 0) is 11.3 Å². The molecule has 0 aliphatic carbocycles. The quantitative estimate of drug-likeness (QED) is 0.779. The Morgan fingerprint density at radius 3 is 3.12 bits per heavy atom. The summed E-state index contributed by atoms with van der Waals surface area (Å²) in [4.78, 5) is 4.26. The third-order valence-electron chi connectivity index (χ3n) is 2.94. The highest BCUT2D eigenvalue weighted by Crippen LogP contribution is 2.34. The maximum absolute atomic E-state index is 5.69. The zero-order valence-electron chi connectivity index (χ0n) is 10.0. The monoisotopic (exact) mass is 224 g/mol. The van der Waals surface area contributed by atoms with Crippen LogP contribution in [0.2, 0.25) is 0 Å². The summed E-state index contributed by atoms with van der Waals surface area (Å²) in [7, 11) is 0. The molecule has 0 amide bonds. The van der Waals surface area contributed by atoms with Crippen LogP contribution >= 0.6 is 0 Å². The number of rotatable bonds is 5. The molecule has 4 nitrogen and oxygen atoms in total. The number of hydrogen-bond donors (Lipinski definition) is 1. The van der Waals surface area contributed by atoms with Gasteiger partial charge in [-0.1, -0.05) is 13.8 Å². The highest BCUT2D eigenvalue weighted by atomic mass is 16.5. The molecule has 1 aliphatic rings. The van der Waals surface area contributed by atoms with Crippen molar-refractivity contribution < 1.29 is 9.15 Å². The summed E-state index contributed by atoms with van der Waals surface area (Å²) in [5.41, 5.74) is 0. The first-order valence-corrected chi connectivity index (χ1v) is 6.08. The lowest BCUT2D eigenvalue weighted by Gasteiger charge is -2.10. The van der Waals surface area contributed by atoms with E-state index < -0.39 is 0 Å². The fourth-order valence-corrected chi connectivity index (χ4v) is 1.97. The number of hydrogen-bond acceptors (Lipinski definition) is 4.